The van der Waals surface area contributed by atoms with E-state index in [1.54, 1.807) is 17.3 Å². The fourth-order valence-electron chi connectivity index (χ4n) is 2.75. The average Bonchev–Trinajstić information content (AvgIpc) is 3.16. The maximum Gasteiger partial charge on any atom is 0.318 e. The van der Waals surface area contributed by atoms with E-state index in [0.717, 1.165) is 10.4 Å². The van der Waals surface area contributed by atoms with E-state index in [1.807, 2.05) is 29.6 Å². The van der Waals surface area contributed by atoms with E-state index in [1.165, 1.54) is 11.3 Å². The summed E-state index contributed by atoms with van der Waals surface area (Å²) in [5.74, 6) is 0. The minimum atomic E-state index is -0.578. The third-order valence-electron chi connectivity index (χ3n) is 4.02. The summed E-state index contributed by atoms with van der Waals surface area (Å²) in [5.41, 5.74) is 0.953. The van der Waals surface area contributed by atoms with Crippen LogP contribution in [0.3, 0.4) is 0 Å². The van der Waals surface area contributed by atoms with Gasteiger partial charge in [-0.25, -0.2) is 4.79 Å². The molecule has 2 aromatic heterocycles. The van der Waals surface area contributed by atoms with Crippen LogP contribution in [0.4, 0.5) is 4.79 Å². The van der Waals surface area contributed by atoms with Crippen LogP contribution in [-0.4, -0.2) is 46.8 Å². The second kappa shape index (κ2) is 8.23. The molecule has 0 aromatic carbocycles. The van der Waals surface area contributed by atoms with Crippen LogP contribution < -0.4 is 5.32 Å². The maximum absolute atomic E-state index is 12.5. The van der Waals surface area contributed by atoms with Gasteiger partial charge in [0.1, 0.15) is 0 Å². The Bertz CT molecular complexity index is 636. The molecule has 1 aliphatic rings. The Morgan fingerprint density at radius 1 is 1.50 bits per heavy atom. The normalized spacial score (nSPS) is 19.0. The molecule has 2 unspecified atom stereocenters. The smallest absolute Gasteiger partial charge is 0.318 e. The molecule has 2 amide bonds. The van der Waals surface area contributed by atoms with Gasteiger partial charge in [-0.1, -0.05) is 12.1 Å². The number of hydrogen-bond donors (Lipinski definition) is 2. The Hall–Kier alpha value is -1.96. The summed E-state index contributed by atoms with van der Waals surface area (Å²) in [7, 11) is 0. The predicted octanol–water partition coefficient (Wildman–Crippen LogP) is 2.18. The average molecular weight is 347 g/mol. The summed E-state index contributed by atoms with van der Waals surface area (Å²) in [6, 6.07) is 7.32. The number of hydrogen-bond acceptors (Lipinski definition) is 5. The number of carbonyl (C=O) groups is 1. The first-order chi connectivity index (χ1) is 11.7. The Kier molecular flexibility index (Phi) is 5.79. The standard InChI is InChI=1S/C17H21N3O3S/c21-15(16-4-2-8-24-16)9-14-12-23-7-6-20(14)17(22)19-11-13-3-1-5-18-10-13/h1-5,8,10,14-15,21H,6-7,9,11-12H2,(H,19,22). The Morgan fingerprint density at radius 2 is 2.42 bits per heavy atom. The Balaban J connectivity index is 1.58. The topological polar surface area (TPSA) is 74.7 Å². The molecule has 3 heterocycles. The van der Waals surface area contributed by atoms with Crippen molar-refractivity contribution in [1.82, 2.24) is 15.2 Å². The molecule has 3 rings (SSSR count). The van der Waals surface area contributed by atoms with Crippen molar-refractivity contribution >= 4 is 17.4 Å². The first-order valence-electron chi connectivity index (χ1n) is 7.96. The van der Waals surface area contributed by atoms with Gasteiger partial charge < -0.3 is 20.1 Å². The summed E-state index contributed by atoms with van der Waals surface area (Å²) in [5, 5.41) is 15.2. The van der Waals surface area contributed by atoms with Gasteiger partial charge in [0.25, 0.3) is 0 Å². The summed E-state index contributed by atoms with van der Waals surface area (Å²) in [4.78, 5) is 19.2. The highest BCUT2D eigenvalue weighted by atomic mass is 32.1. The minimum absolute atomic E-state index is 0.134. The number of aromatic nitrogens is 1. The van der Waals surface area contributed by atoms with Gasteiger partial charge in [0.05, 0.1) is 25.4 Å². The second-order valence-corrected chi connectivity index (χ2v) is 6.69. The second-order valence-electron chi connectivity index (χ2n) is 5.71. The predicted molar refractivity (Wildman–Crippen MR) is 91.7 cm³/mol. The molecule has 7 heteroatoms. The van der Waals surface area contributed by atoms with Crippen LogP contribution in [0.5, 0.6) is 0 Å². The number of pyridine rings is 1. The van der Waals surface area contributed by atoms with Crippen LogP contribution >= 0.6 is 11.3 Å². The number of urea groups is 1. The number of aliphatic hydroxyl groups is 1. The van der Waals surface area contributed by atoms with Gasteiger partial charge in [0.15, 0.2) is 0 Å². The first kappa shape index (κ1) is 16.9. The van der Waals surface area contributed by atoms with Crippen LogP contribution in [0, 0.1) is 0 Å². The SMILES string of the molecule is O=C(NCc1cccnc1)N1CCOCC1CC(O)c1cccs1. The van der Waals surface area contributed by atoms with E-state index < -0.39 is 6.10 Å². The summed E-state index contributed by atoms with van der Waals surface area (Å²) in [6.07, 6.45) is 3.33. The van der Waals surface area contributed by atoms with Gasteiger partial charge in [-0.15, -0.1) is 11.3 Å². The number of aliphatic hydroxyl groups excluding tert-OH is 1. The number of nitrogens with one attached hydrogen (secondary N) is 1. The molecule has 2 N–H and O–H groups in total. The Morgan fingerprint density at radius 3 is 3.17 bits per heavy atom. The first-order valence-corrected chi connectivity index (χ1v) is 8.84. The molecule has 128 valence electrons. The highest BCUT2D eigenvalue weighted by molar-refractivity contribution is 7.10. The van der Waals surface area contributed by atoms with E-state index in [9.17, 15) is 9.90 Å². The van der Waals surface area contributed by atoms with Crippen LogP contribution in [0.2, 0.25) is 0 Å². The molecular weight excluding hydrogens is 326 g/mol. The fraction of sp³-hybridized carbons (Fsp3) is 0.412. The van der Waals surface area contributed by atoms with Gasteiger partial charge in [-0.3, -0.25) is 4.98 Å². The van der Waals surface area contributed by atoms with E-state index >= 15 is 0 Å². The molecule has 2 aromatic rings. The lowest BCUT2D eigenvalue weighted by atomic mass is 10.1. The van der Waals surface area contributed by atoms with Crippen molar-refractivity contribution in [3.8, 4) is 0 Å². The van der Waals surface area contributed by atoms with E-state index in [2.05, 4.69) is 10.3 Å². The molecule has 0 bridgehead atoms. The maximum atomic E-state index is 12.5. The van der Waals surface area contributed by atoms with Gasteiger partial charge in [-0.2, -0.15) is 0 Å². The quantitative estimate of drug-likeness (QED) is 0.869. The van der Waals surface area contributed by atoms with Gasteiger partial charge in [-0.05, 0) is 23.1 Å². The lowest BCUT2D eigenvalue weighted by Crippen LogP contribution is -2.52. The molecular formula is C17H21N3O3S. The van der Waals surface area contributed by atoms with Crippen molar-refractivity contribution in [3.63, 3.8) is 0 Å². The third kappa shape index (κ3) is 4.31. The number of ether oxygens (including phenoxy) is 1. The van der Waals surface area contributed by atoms with Crippen LogP contribution in [0.1, 0.15) is 23.0 Å². The highest BCUT2D eigenvalue weighted by Crippen LogP contribution is 2.25. The molecule has 0 radical (unpaired) electrons. The van der Waals surface area contributed by atoms with Crippen molar-refractivity contribution in [2.45, 2.75) is 25.1 Å². The highest BCUT2D eigenvalue weighted by Gasteiger charge is 2.29. The van der Waals surface area contributed by atoms with E-state index in [0.29, 0.717) is 32.7 Å². The molecule has 0 saturated carbocycles. The number of thiophene rings is 1. The van der Waals surface area contributed by atoms with Crippen LogP contribution in [0.25, 0.3) is 0 Å². The number of rotatable bonds is 5. The van der Waals surface area contributed by atoms with Crippen molar-refractivity contribution in [2.75, 3.05) is 19.8 Å². The van der Waals surface area contributed by atoms with Crippen molar-refractivity contribution in [1.29, 1.82) is 0 Å². The summed E-state index contributed by atoms with van der Waals surface area (Å²) in [6.45, 7) is 1.93. The minimum Gasteiger partial charge on any atom is -0.387 e. The number of nitrogens with zero attached hydrogens (tertiary/aromatic N) is 2. The monoisotopic (exact) mass is 347 g/mol. The van der Waals surface area contributed by atoms with Crippen molar-refractivity contribution in [2.24, 2.45) is 0 Å². The zero-order valence-electron chi connectivity index (χ0n) is 13.3. The third-order valence-corrected chi connectivity index (χ3v) is 5.00. The van der Waals surface area contributed by atoms with E-state index in [-0.39, 0.29) is 12.1 Å². The van der Waals surface area contributed by atoms with Crippen LogP contribution in [-0.2, 0) is 11.3 Å². The zero-order chi connectivity index (χ0) is 16.8. The molecule has 1 fully saturated rings. The molecule has 1 saturated heterocycles. The van der Waals surface area contributed by atoms with Crippen LogP contribution in [0.15, 0.2) is 42.0 Å². The number of carbonyl (C=O) groups excluding carboxylic acids is 1. The molecule has 24 heavy (non-hydrogen) atoms. The van der Waals surface area contributed by atoms with Gasteiger partial charge in [0, 0.05) is 36.8 Å². The largest absolute Gasteiger partial charge is 0.387 e. The molecule has 0 spiro atoms. The van der Waals surface area contributed by atoms with Crippen molar-refractivity contribution in [3.05, 3.63) is 52.5 Å². The summed E-state index contributed by atoms with van der Waals surface area (Å²) >= 11 is 1.52. The number of amides is 2. The fourth-order valence-corrected chi connectivity index (χ4v) is 3.48. The van der Waals surface area contributed by atoms with Gasteiger partial charge in [0.2, 0.25) is 0 Å². The lowest BCUT2D eigenvalue weighted by molar-refractivity contribution is -0.00654. The summed E-state index contributed by atoms with van der Waals surface area (Å²) < 4.78 is 5.50. The van der Waals surface area contributed by atoms with Gasteiger partial charge >= 0.3 is 6.03 Å². The zero-order valence-corrected chi connectivity index (χ0v) is 14.1. The lowest BCUT2D eigenvalue weighted by Gasteiger charge is -2.36. The molecule has 0 aliphatic carbocycles. The van der Waals surface area contributed by atoms with E-state index in [4.69, 9.17) is 4.74 Å². The Labute approximate surface area is 145 Å². The molecule has 6 nitrogen and oxygen atoms in total. The molecule has 2 atom stereocenters. The molecule has 1 aliphatic heterocycles. The number of morpholine rings is 1. The van der Waals surface area contributed by atoms with Crippen molar-refractivity contribution < 1.29 is 14.6 Å².